The number of primary amides is 1. The van der Waals surface area contributed by atoms with E-state index in [1.54, 1.807) is 7.11 Å². The summed E-state index contributed by atoms with van der Waals surface area (Å²) in [6, 6.07) is 9.48. The number of carbonyl (C=O) groups is 2. The number of hydrogen-bond donors (Lipinski definition) is 2. The van der Waals surface area contributed by atoms with Gasteiger partial charge in [0, 0.05) is 20.2 Å². The second-order valence-electron chi connectivity index (χ2n) is 4.37. The lowest BCUT2D eigenvalue weighted by molar-refractivity contribution is -0.135. The van der Waals surface area contributed by atoms with Gasteiger partial charge in [0.25, 0.3) is 0 Å². The molecule has 0 aromatic heterocycles. The number of nitrogens with one attached hydrogen (secondary N) is 1. The van der Waals surface area contributed by atoms with Gasteiger partial charge in [-0.2, -0.15) is 0 Å². The van der Waals surface area contributed by atoms with Gasteiger partial charge in [-0.25, -0.2) is 0 Å². The van der Waals surface area contributed by atoms with Gasteiger partial charge >= 0.3 is 0 Å². The standard InChI is InChI=1S/C14H21N3O3/c1-20-8-7-16-9-14(19)17(11-13(15)18)10-12-5-3-2-4-6-12/h2-6,16H,7-11H2,1H3,(H2,15,18). The lowest BCUT2D eigenvalue weighted by atomic mass is 10.2. The first kappa shape index (κ1) is 16.1. The van der Waals surface area contributed by atoms with E-state index in [1.165, 1.54) is 4.90 Å². The number of ether oxygens (including phenoxy) is 1. The van der Waals surface area contributed by atoms with Gasteiger partial charge in [0.15, 0.2) is 0 Å². The predicted octanol–water partition coefficient (Wildman–Crippen LogP) is -0.263. The summed E-state index contributed by atoms with van der Waals surface area (Å²) in [5.74, 6) is -0.685. The Balaban J connectivity index is 2.54. The van der Waals surface area contributed by atoms with Crippen molar-refractivity contribution in [3.05, 3.63) is 35.9 Å². The lowest BCUT2D eigenvalue weighted by Gasteiger charge is -2.21. The summed E-state index contributed by atoms with van der Waals surface area (Å²) in [6.45, 7) is 1.55. The number of methoxy groups -OCH3 is 1. The van der Waals surface area contributed by atoms with Crippen molar-refractivity contribution in [2.75, 3.05) is 33.4 Å². The molecule has 0 spiro atoms. The van der Waals surface area contributed by atoms with Gasteiger partial charge < -0.3 is 20.7 Å². The van der Waals surface area contributed by atoms with Crippen molar-refractivity contribution in [3.8, 4) is 0 Å². The number of hydrogen-bond acceptors (Lipinski definition) is 4. The number of amides is 2. The molecule has 1 aromatic rings. The summed E-state index contributed by atoms with van der Waals surface area (Å²) in [7, 11) is 1.60. The fourth-order valence-electron chi connectivity index (χ4n) is 1.71. The molecule has 3 N–H and O–H groups in total. The number of rotatable bonds is 9. The van der Waals surface area contributed by atoms with E-state index in [2.05, 4.69) is 5.32 Å². The normalized spacial score (nSPS) is 10.2. The summed E-state index contributed by atoms with van der Waals surface area (Å²) in [5, 5.41) is 2.96. The molecule has 0 aliphatic carbocycles. The minimum atomic E-state index is -0.522. The number of nitrogens with two attached hydrogens (primary N) is 1. The zero-order chi connectivity index (χ0) is 14.8. The summed E-state index contributed by atoms with van der Waals surface area (Å²) >= 11 is 0. The van der Waals surface area contributed by atoms with E-state index in [-0.39, 0.29) is 19.0 Å². The SMILES string of the molecule is COCCNCC(=O)N(CC(N)=O)Cc1ccccc1. The third-order valence-electron chi connectivity index (χ3n) is 2.67. The third-order valence-corrected chi connectivity index (χ3v) is 2.67. The molecule has 0 aliphatic rings. The highest BCUT2D eigenvalue weighted by Gasteiger charge is 2.15. The number of benzene rings is 1. The zero-order valence-electron chi connectivity index (χ0n) is 11.7. The maximum atomic E-state index is 12.1. The second kappa shape index (κ2) is 9.06. The quantitative estimate of drug-likeness (QED) is 0.610. The summed E-state index contributed by atoms with van der Waals surface area (Å²) in [5.41, 5.74) is 6.15. The van der Waals surface area contributed by atoms with Crippen LogP contribution in [-0.4, -0.2) is 50.1 Å². The Morgan fingerprint density at radius 2 is 2.00 bits per heavy atom. The highest BCUT2D eigenvalue weighted by atomic mass is 16.5. The van der Waals surface area contributed by atoms with Crippen molar-refractivity contribution in [1.29, 1.82) is 0 Å². The van der Waals surface area contributed by atoms with Crippen LogP contribution < -0.4 is 11.1 Å². The average Bonchev–Trinajstić information content (AvgIpc) is 2.43. The molecular weight excluding hydrogens is 258 g/mol. The molecule has 1 aromatic carbocycles. The lowest BCUT2D eigenvalue weighted by Crippen LogP contribution is -2.42. The highest BCUT2D eigenvalue weighted by molar-refractivity contribution is 5.84. The maximum absolute atomic E-state index is 12.1. The third kappa shape index (κ3) is 6.31. The molecule has 0 heterocycles. The van der Waals surface area contributed by atoms with Crippen molar-refractivity contribution in [2.45, 2.75) is 6.54 Å². The van der Waals surface area contributed by atoms with E-state index in [0.717, 1.165) is 5.56 Å². The average molecular weight is 279 g/mol. The van der Waals surface area contributed by atoms with Gasteiger partial charge in [0.05, 0.1) is 19.7 Å². The Bertz CT molecular complexity index is 423. The molecular formula is C14H21N3O3. The zero-order valence-corrected chi connectivity index (χ0v) is 11.7. The van der Waals surface area contributed by atoms with Crippen LogP contribution in [0.3, 0.4) is 0 Å². The van der Waals surface area contributed by atoms with Crippen molar-refractivity contribution in [2.24, 2.45) is 5.73 Å². The topological polar surface area (TPSA) is 84.7 Å². The Morgan fingerprint density at radius 1 is 1.30 bits per heavy atom. The summed E-state index contributed by atoms with van der Waals surface area (Å²) in [6.07, 6.45) is 0. The van der Waals surface area contributed by atoms with Crippen LogP contribution in [-0.2, 0) is 20.9 Å². The van der Waals surface area contributed by atoms with E-state index in [1.807, 2.05) is 30.3 Å². The maximum Gasteiger partial charge on any atom is 0.237 e. The predicted molar refractivity (Wildman–Crippen MR) is 75.8 cm³/mol. The number of carbonyl (C=O) groups excluding carboxylic acids is 2. The molecule has 0 aliphatic heterocycles. The Kier molecular flexibility index (Phi) is 7.31. The molecule has 110 valence electrons. The van der Waals surface area contributed by atoms with Gasteiger partial charge in [-0.15, -0.1) is 0 Å². The molecule has 6 heteroatoms. The molecule has 0 saturated carbocycles. The van der Waals surface area contributed by atoms with E-state index in [9.17, 15) is 9.59 Å². The Hall–Kier alpha value is -1.92. The molecule has 20 heavy (non-hydrogen) atoms. The van der Waals surface area contributed by atoms with Crippen LogP contribution in [0.25, 0.3) is 0 Å². The largest absolute Gasteiger partial charge is 0.383 e. The first-order valence-electron chi connectivity index (χ1n) is 6.43. The van der Waals surface area contributed by atoms with E-state index >= 15 is 0 Å². The molecule has 0 bridgehead atoms. The van der Waals surface area contributed by atoms with E-state index in [4.69, 9.17) is 10.5 Å². The molecule has 6 nitrogen and oxygen atoms in total. The van der Waals surface area contributed by atoms with Gasteiger partial charge in [0.2, 0.25) is 11.8 Å². The summed E-state index contributed by atoms with van der Waals surface area (Å²) in [4.78, 5) is 24.6. The first-order chi connectivity index (χ1) is 9.63. The fraction of sp³-hybridized carbons (Fsp3) is 0.429. The minimum absolute atomic E-state index is 0.0836. The minimum Gasteiger partial charge on any atom is -0.383 e. The summed E-state index contributed by atoms with van der Waals surface area (Å²) < 4.78 is 4.88. The Morgan fingerprint density at radius 3 is 2.60 bits per heavy atom. The van der Waals surface area contributed by atoms with E-state index < -0.39 is 5.91 Å². The van der Waals surface area contributed by atoms with Crippen molar-refractivity contribution in [3.63, 3.8) is 0 Å². The van der Waals surface area contributed by atoms with Crippen molar-refractivity contribution in [1.82, 2.24) is 10.2 Å². The van der Waals surface area contributed by atoms with Crippen LogP contribution in [0.1, 0.15) is 5.56 Å². The van der Waals surface area contributed by atoms with Crippen molar-refractivity contribution >= 4 is 11.8 Å². The van der Waals surface area contributed by atoms with Crippen LogP contribution in [0.15, 0.2) is 30.3 Å². The molecule has 1 rings (SSSR count). The highest BCUT2D eigenvalue weighted by Crippen LogP contribution is 2.04. The van der Waals surface area contributed by atoms with Gasteiger partial charge in [-0.05, 0) is 5.56 Å². The molecule has 0 fully saturated rings. The van der Waals surface area contributed by atoms with Gasteiger partial charge in [-0.3, -0.25) is 9.59 Å². The van der Waals surface area contributed by atoms with Crippen LogP contribution >= 0.6 is 0 Å². The van der Waals surface area contributed by atoms with Crippen LogP contribution in [0, 0.1) is 0 Å². The first-order valence-corrected chi connectivity index (χ1v) is 6.43. The molecule has 0 radical (unpaired) electrons. The molecule has 2 amide bonds. The van der Waals surface area contributed by atoms with Gasteiger partial charge in [0.1, 0.15) is 0 Å². The second-order valence-corrected chi connectivity index (χ2v) is 4.37. The fourth-order valence-corrected chi connectivity index (χ4v) is 1.71. The smallest absolute Gasteiger partial charge is 0.237 e. The van der Waals surface area contributed by atoms with E-state index in [0.29, 0.717) is 19.7 Å². The molecule has 0 atom stereocenters. The molecule has 0 saturated heterocycles. The van der Waals surface area contributed by atoms with Crippen LogP contribution in [0.2, 0.25) is 0 Å². The van der Waals surface area contributed by atoms with Crippen LogP contribution in [0.4, 0.5) is 0 Å². The molecule has 0 unspecified atom stereocenters. The number of nitrogens with zero attached hydrogens (tertiary/aromatic N) is 1. The monoisotopic (exact) mass is 279 g/mol. The van der Waals surface area contributed by atoms with Crippen LogP contribution in [0.5, 0.6) is 0 Å². The van der Waals surface area contributed by atoms with Gasteiger partial charge in [-0.1, -0.05) is 30.3 Å². The Labute approximate surface area is 118 Å². The van der Waals surface area contributed by atoms with Crippen molar-refractivity contribution < 1.29 is 14.3 Å².